The number of morpholine rings is 1. The number of amides is 2. The molecular weight excluding hydrogens is 361 g/mol. The monoisotopic (exact) mass is 379 g/mol. The minimum atomic E-state index is -0.545. The Morgan fingerprint density at radius 1 is 1.19 bits per heavy atom. The summed E-state index contributed by atoms with van der Waals surface area (Å²) in [6, 6.07) is 3.48. The Hall–Kier alpha value is -2.45. The van der Waals surface area contributed by atoms with E-state index in [1.807, 2.05) is 18.7 Å². The highest BCUT2D eigenvalue weighted by molar-refractivity contribution is 6.31. The van der Waals surface area contributed by atoms with Gasteiger partial charge in [-0.3, -0.25) is 0 Å². The van der Waals surface area contributed by atoms with Crippen LogP contribution in [0.3, 0.4) is 0 Å². The summed E-state index contributed by atoms with van der Waals surface area (Å²) in [6.07, 6.45) is 0. The van der Waals surface area contributed by atoms with E-state index in [2.05, 4.69) is 20.6 Å². The number of urea groups is 1. The fraction of sp³-hybridized carbons (Fsp3) is 0.353. The standard InChI is InChI=1S/C17H19ClFN5O2/c1-10-15(11(2)21-16(20-10)24-5-7-26-8-6-24)23-17(25)22-12-3-4-14(19)13(18)9-12/h3-4,9H,5-8H2,1-2H3,(H2,22,23,25). The van der Waals surface area contributed by atoms with Gasteiger partial charge in [-0.1, -0.05) is 11.6 Å². The van der Waals surface area contributed by atoms with E-state index >= 15 is 0 Å². The van der Waals surface area contributed by atoms with Crippen LogP contribution in [0.2, 0.25) is 5.02 Å². The Balaban J connectivity index is 1.72. The van der Waals surface area contributed by atoms with Crippen LogP contribution in [0.15, 0.2) is 18.2 Å². The van der Waals surface area contributed by atoms with E-state index in [0.29, 0.717) is 41.9 Å². The van der Waals surface area contributed by atoms with E-state index in [9.17, 15) is 9.18 Å². The van der Waals surface area contributed by atoms with Crippen LogP contribution in [-0.4, -0.2) is 42.3 Å². The number of carbonyl (C=O) groups is 1. The van der Waals surface area contributed by atoms with E-state index in [1.165, 1.54) is 18.2 Å². The smallest absolute Gasteiger partial charge is 0.323 e. The van der Waals surface area contributed by atoms with Crippen molar-refractivity contribution in [2.75, 3.05) is 41.8 Å². The summed E-state index contributed by atoms with van der Waals surface area (Å²) < 4.78 is 18.5. The average molecular weight is 380 g/mol. The molecule has 0 radical (unpaired) electrons. The van der Waals surface area contributed by atoms with Crippen molar-refractivity contribution in [3.05, 3.63) is 40.4 Å². The van der Waals surface area contributed by atoms with Gasteiger partial charge in [0, 0.05) is 18.8 Å². The Morgan fingerprint density at radius 2 is 1.85 bits per heavy atom. The molecule has 0 atom stereocenters. The third-order valence-electron chi connectivity index (χ3n) is 3.97. The molecule has 1 fully saturated rings. The molecule has 0 unspecified atom stereocenters. The topological polar surface area (TPSA) is 79.4 Å². The first-order chi connectivity index (χ1) is 12.4. The van der Waals surface area contributed by atoms with E-state index in [-0.39, 0.29) is 5.02 Å². The molecule has 0 aliphatic carbocycles. The van der Waals surface area contributed by atoms with Gasteiger partial charge >= 0.3 is 6.03 Å². The number of benzene rings is 1. The zero-order valence-electron chi connectivity index (χ0n) is 14.5. The number of hydrogen-bond acceptors (Lipinski definition) is 5. The average Bonchev–Trinajstić information content (AvgIpc) is 2.62. The molecule has 0 saturated carbocycles. The summed E-state index contributed by atoms with van der Waals surface area (Å²) in [5.74, 6) is 0.0796. The maximum Gasteiger partial charge on any atom is 0.323 e. The lowest BCUT2D eigenvalue weighted by Crippen LogP contribution is -2.37. The molecule has 138 valence electrons. The molecule has 2 aromatic rings. The third-order valence-corrected chi connectivity index (χ3v) is 4.26. The fourth-order valence-corrected chi connectivity index (χ4v) is 2.81. The summed E-state index contributed by atoms with van der Waals surface area (Å²) in [7, 11) is 0. The lowest BCUT2D eigenvalue weighted by atomic mass is 10.2. The first-order valence-corrected chi connectivity index (χ1v) is 8.53. The van der Waals surface area contributed by atoms with Crippen molar-refractivity contribution >= 4 is 35.0 Å². The van der Waals surface area contributed by atoms with Gasteiger partial charge in [-0.25, -0.2) is 19.2 Å². The summed E-state index contributed by atoms with van der Waals surface area (Å²) in [5.41, 5.74) is 2.24. The second kappa shape index (κ2) is 7.84. The molecule has 2 amide bonds. The quantitative estimate of drug-likeness (QED) is 0.854. The lowest BCUT2D eigenvalue weighted by molar-refractivity contribution is 0.122. The van der Waals surface area contributed by atoms with Crippen molar-refractivity contribution in [3.8, 4) is 0 Å². The molecule has 1 saturated heterocycles. The van der Waals surface area contributed by atoms with Crippen LogP contribution in [0, 0.1) is 19.7 Å². The maximum atomic E-state index is 13.2. The van der Waals surface area contributed by atoms with Crippen LogP contribution in [0.1, 0.15) is 11.4 Å². The normalized spacial score (nSPS) is 14.2. The molecule has 2 N–H and O–H groups in total. The minimum absolute atomic E-state index is 0.0617. The Bertz CT molecular complexity index is 804. The van der Waals surface area contributed by atoms with Crippen LogP contribution >= 0.6 is 11.6 Å². The molecule has 7 nitrogen and oxygen atoms in total. The molecular formula is C17H19ClFN5O2. The molecule has 0 bridgehead atoms. The molecule has 1 aliphatic rings. The Labute approximate surface area is 155 Å². The van der Waals surface area contributed by atoms with Crippen LogP contribution in [0.5, 0.6) is 0 Å². The van der Waals surface area contributed by atoms with E-state index in [4.69, 9.17) is 16.3 Å². The van der Waals surface area contributed by atoms with Crippen molar-refractivity contribution in [1.29, 1.82) is 0 Å². The lowest BCUT2D eigenvalue weighted by Gasteiger charge is -2.27. The van der Waals surface area contributed by atoms with Gasteiger partial charge in [-0.05, 0) is 32.0 Å². The number of anilines is 3. The van der Waals surface area contributed by atoms with Crippen molar-refractivity contribution in [2.45, 2.75) is 13.8 Å². The first-order valence-electron chi connectivity index (χ1n) is 8.15. The second-order valence-corrected chi connectivity index (χ2v) is 6.28. The van der Waals surface area contributed by atoms with E-state index in [1.54, 1.807) is 0 Å². The van der Waals surface area contributed by atoms with Gasteiger partial charge in [0.15, 0.2) is 0 Å². The van der Waals surface area contributed by atoms with Gasteiger partial charge in [-0.15, -0.1) is 0 Å². The Kier molecular flexibility index (Phi) is 5.53. The van der Waals surface area contributed by atoms with Gasteiger partial charge < -0.3 is 20.3 Å². The van der Waals surface area contributed by atoms with Crippen LogP contribution in [0.4, 0.5) is 26.5 Å². The first kappa shape index (κ1) is 18.3. The fourth-order valence-electron chi connectivity index (χ4n) is 2.63. The van der Waals surface area contributed by atoms with Crippen LogP contribution < -0.4 is 15.5 Å². The SMILES string of the molecule is Cc1nc(N2CCOCC2)nc(C)c1NC(=O)Nc1ccc(F)c(Cl)c1. The predicted molar refractivity (Wildman–Crippen MR) is 98.6 cm³/mol. The highest BCUT2D eigenvalue weighted by Crippen LogP contribution is 2.22. The summed E-state index contributed by atoms with van der Waals surface area (Å²) in [5, 5.41) is 5.28. The zero-order chi connectivity index (χ0) is 18.7. The number of ether oxygens (including phenoxy) is 1. The molecule has 2 heterocycles. The van der Waals surface area contributed by atoms with Gasteiger partial charge in [0.25, 0.3) is 0 Å². The number of aromatic nitrogens is 2. The predicted octanol–water partition coefficient (Wildman–Crippen LogP) is 3.37. The maximum absolute atomic E-state index is 13.2. The summed E-state index contributed by atoms with van der Waals surface area (Å²) in [6.45, 7) is 6.37. The summed E-state index contributed by atoms with van der Waals surface area (Å²) in [4.78, 5) is 23.3. The van der Waals surface area contributed by atoms with E-state index in [0.717, 1.165) is 13.1 Å². The highest BCUT2D eigenvalue weighted by Gasteiger charge is 2.18. The number of nitrogens with zero attached hydrogens (tertiary/aromatic N) is 3. The number of aryl methyl sites for hydroxylation is 2. The second-order valence-electron chi connectivity index (χ2n) is 5.88. The minimum Gasteiger partial charge on any atom is -0.378 e. The van der Waals surface area contributed by atoms with Crippen molar-refractivity contribution in [1.82, 2.24) is 9.97 Å². The number of hydrogen-bond donors (Lipinski definition) is 2. The van der Waals surface area contributed by atoms with Gasteiger partial charge in [0.2, 0.25) is 5.95 Å². The molecule has 1 aromatic carbocycles. The van der Waals surface area contributed by atoms with Gasteiger partial charge in [0.1, 0.15) is 5.82 Å². The third kappa shape index (κ3) is 4.20. The molecule has 9 heteroatoms. The molecule has 1 aliphatic heterocycles. The molecule has 26 heavy (non-hydrogen) atoms. The van der Waals surface area contributed by atoms with Crippen LogP contribution in [-0.2, 0) is 4.74 Å². The van der Waals surface area contributed by atoms with Gasteiger partial charge in [0.05, 0.1) is 35.3 Å². The summed E-state index contributed by atoms with van der Waals surface area (Å²) >= 11 is 5.72. The number of carbonyl (C=O) groups excluding carboxylic acids is 1. The number of halogens is 2. The van der Waals surface area contributed by atoms with Crippen molar-refractivity contribution in [3.63, 3.8) is 0 Å². The molecule has 0 spiro atoms. The highest BCUT2D eigenvalue weighted by atomic mass is 35.5. The van der Waals surface area contributed by atoms with Crippen LogP contribution in [0.25, 0.3) is 0 Å². The van der Waals surface area contributed by atoms with Gasteiger partial charge in [-0.2, -0.15) is 0 Å². The number of nitrogens with one attached hydrogen (secondary N) is 2. The molecule has 1 aromatic heterocycles. The van der Waals surface area contributed by atoms with Crippen molar-refractivity contribution < 1.29 is 13.9 Å². The Morgan fingerprint density at radius 3 is 2.46 bits per heavy atom. The van der Waals surface area contributed by atoms with E-state index < -0.39 is 11.8 Å². The van der Waals surface area contributed by atoms with Crippen molar-refractivity contribution in [2.24, 2.45) is 0 Å². The zero-order valence-corrected chi connectivity index (χ0v) is 15.2. The largest absolute Gasteiger partial charge is 0.378 e. The molecule has 3 rings (SSSR count). The number of rotatable bonds is 3.